The molecule has 1 saturated heterocycles. The van der Waals surface area contributed by atoms with Crippen molar-refractivity contribution in [1.82, 2.24) is 30.0 Å². The number of carbonyl (C=O) groups excluding carboxylic acids is 1. The zero-order valence-corrected chi connectivity index (χ0v) is 15.0. The van der Waals surface area contributed by atoms with Crippen LogP contribution in [-0.4, -0.2) is 49.8 Å². The number of amides is 1. The lowest BCUT2D eigenvalue weighted by molar-refractivity contribution is 0.0854. The number of nitrogens with one attached hydrogen (secondary N) is 1. The molecule has 3 aromatic rings. The first-order chi connectivity index (χ1) is 13.2. The minimum atomic E-state index is -0.232. The quantitative estimate of drug-likeness (QED) is 0.706. The second-order valence-electron chi connectivity index (χ2n) is 6.28. The van der Waals surface area contributed by atoms with Crippen molar-refractivity contribution in [3.63, 3.8) is 0 Å². The number of rotatable bonds is 6. The number of aromatic nitrogens is 5. The van der Waals surface area contributed by atoms with Crippen LogP contribution in [0.15, 0.2) is 35.4 Å². The molecule has 1 aliphatic heterocycles. The Morgan fingerprint density at radius 2 is 2.33 bits per heavy atom. The summed E-state index contributed by atoms with van der Waals surface area (Å²) in [5.41, 5.74) is 1.08. The van der Waals surface area contributed by atoms with Crippen molar-refractivity contribution in [3.05, 3.63) is 42.4 Å². The molecule has 9 nitrogen and oxygen atoms in total. The Kier molecular flexibility index (Phi) is 4.93. The van der Waals surface area contributed by atoms with Crippen molar-refractivity contribution >= 4 is 5.91 Å². The fourth-order valence-electron chi connectivity index (χ4n) is 2.88. The van der Waals surface area contributed by atoms with Crippen LogP contribution < -0.4 is 5.32 Å². The Morgan fingerprint density at radius 1 is 1.41 bits per heavy atom. The van der Waals surface area contributed by atoms with Crippen molar-refractivity contribution in [1.29, 1.82) is 0 Å². The molecule has 1 aliphatic rings. The Bertz CT molecular complexity index is 929. The van der Waals surface area contributed by atoms with E-state index in [9.17, 15) is 4.79 Å². The van der Waals surface area contributed by atoms with Crippen molar-refractivity contribution in [2.45, 2.75) is 32.3 Å². The van der Waals surface area contributed by atoms with E-state index in [0.29, 0.717) is 36.2 Å². The summed E-state index contributed by atoms with van der Waals surface area (Å²) in [5, 5.41) is 6.76. The van der Waals surface area contributed by atoms with Gasteiger partial charge in [-0.3, -0.25) is 9.36 Å². The van der Waals surface area contributed by atoms with Crippen molar-refractivity contribution in [2.24, 2.45) is 0 Å². The summed E-state index contributed by atoms with van der Waals surface area (Å²) in [5.74, 6) is 1.46. The zero-order valence-electron chi connectivity index (χ0n) is 15.0. The Balaban J connectivity index is 1.47. The molecule has 9 heteroatoms. The van der Waals surface area contributed by atoms with E-state index < -0.39 is 0 Å². The molecule has 3 aromatic heterocycles. The molecular weight excluding hydrogens is 348 g/mol. The molecule has 1 atom stereocenters. The van der Waals surface area contributed by atoms with E-state index in [1.54, 1.807) is 29.4 Å². The second kappa shape index (κ2) is 7.67. The SMILES string of the molecule is CCc1noc(-c2ccnc(-n3cnc(C(=O)NCC4CCCO4)c3)c2)n1. The van der Waals surface area contributed by atoms with Gasteiger partial charge in [-0.05, 0) is 25.0 Å². The monoisotopic (exact) mass is 368 g/mol. The maximum Gasteiger partial charge on any atom is 0.271 e. The molecule has 1 unspecified atom stereocenters. The Morgan fingerprint density at radius 3 is 3.11 bits per heavy atom. The summed E-state index contributed by atoms with van der Waals surface area (Å²) >= 11 is 0. The van der Waals surface area contributed by atoms with E-state index in [4.69, 9.17) is 9.26 Å². The van der Waals surface area contributed by atoms with Crippen LogP contribution in [0, 0.1) is 0 Å². The van der Waals surface area contributed by atoms with Crippen molar-refractivity contribution in [3.8, 4) is 17.3 Å². The van der Waals surface area contributed by atoms with Crippen LogP contribution in [0.4, 0.5) is 0 Å². The van der Waals surface area contributed by atoms with Crippen molar-refractivity contribution < 1.29 is 14.1 Å². The molecule has 0 spiro atoms. The largest absolute Gasteiger partial charge is 0.376 e. The molecule has 27 heavy (non-hydrogen) atoms. The van der Waals surface area contributed by atoms with Gasteiger partial charge in [-0.15, -0.1) is 0 Å². The number of hydrogen-bond donors (Lipinski definition) is 1. The number of aryl methyl sites for hydroxylation is 1. The van der Waals surface area contributed by atoms with Gasteiger partial charge in [0.05, 0.1) is 6.10 Å². The second-order valence-corrected chi connectivity index (χ2v) is 6.28. The fourth-order valence-corrected chi connectivity index (χ4v) is 2.88. The number of carbonyl (C=O) groups is 1. The van der Waals surface area contributed by atoms with E-state index in [0.717, 1.165) is 25.0 Å². The zero-order chi connectivity index (χ0) is 18.6. The average Bonchev–Trinajstić information content (AvgIpc) is 3.47. The first kappa shape index (κ1) is 17.3. The van der Waals surface area contributed by atoms with Crippen LogP contribution in [0.1, 0.15) is 36.1 Å². The lowest BCUT2D eigenvalue weighted by Crippen LogP contribution is -2.31. The topological polar surface area (TPSA) is 108 Å². The van der Waals surface area contributed by atoms with Crippen LogP contribution in [0.3, 0.4) is 0 Å². The van der Waals surface area contributed by atoms with Gasteiger partial charge in [0.25, 0.3) is 11.8 Å². The number of nitrogens with zero attached hydrogens (tertiary/aromatic N) is 5. The minimum Gasteiger partial charge on any atom is -0.376 e. The van der Waals surface area contributed by atoms with Gasteiger partial charge in [-0.2, -0.15) is 4.98 Å². The van der Waals surface area contributed by atoms with E-state index >= 15 is 0 Å². The third-order valence-corrected chi connectivity index (χ3v) is 4.37. The van der Waals surface area contributed by atoms with E-state index in [1.807, 2.05) is 13.0 Å². The molecule has 1 N–H and O–H groups in total. The molecular formula is C18H20N6O3. The summed E-state index contributed by atoms with van der Waals surface area (Å²) in [6, 6.07) is 3.60. The Hall–Kier alpha value is -3.07. The van der Waals surface area contributed by atoms with Gasteiger partial charge in [-0.1, -0.05) is 12.1 Å². The van der Waals surface area contributed by atoms with Gasteiger partial charge in [0, 0.05) is 37.5 Å². The summed E-state index contributed by atoms with van der Waals surface area (Å²) in [7, 11) is 0. The molecule has 1 fully saturated rings. The van der Waals surface area contributed by atoms with Crippen LogP contribution >= 0.6 is 0 Å². The maximum absolute atomic E-state index is 12.3. The molecule has 0 aromatic carbocycles. The van der Waals surface area contributed by atoms with Gasteiger partial charge >= 0.3 is 0 Å². The summed E-state index contributed by atoms with van der Waals surface area (Å²) < 4.78 is 12.5. The highest BCUT2D eigenvalue weighted by Crippen LogP contribution is 2.19. The van der Waals surface area contributed by atoms with Crippen LogP contribution in [-0.2, 0) is 11.2 Å². The first-order valence-electron chi connectivity index (χ1n) is 8.96. The standard InChI is InChI=1S/C18H20N6O3/c1-2-15-22-18(27-23-15)12-5-6-19-16(8-12)24-10-14(21-11-24)17(25)20-9-13-4-3-7-26-13/h5-6,8,10-11,13H,2-4,7,9H2,1H3,(H,20,25). The average molecular weight is 368 g/mol. The summed E-state index contributed by atoms with van der Waals surface area (Å²) in [6.07, 6.45) is 7.65. The number of hydrogen-bond acceptors (Lipinski definition) is 7. The van der Waals surface area contributed by atoms with Gasteiger partial charge < -0.3 is 14.6 Å². The molecule has 4 rings (SSSR count). The smallest absolute Gasteiger partial charge is 0.271 e. The molecule has 1 amide bonds. The number of pyridine rings is 1. The van der Waals surface area contributed by atoms with E-state index in [1.165, 1.54) is 0 Å². The van der Waals surface area contributed by atoms with Crippen LogP contribution in [0.5, 0.6) is 0 Å². The fraction of sp³-hybridized carbons (Fsp3) is 0.389. The highest BCUT2D eigenvalue weighted by atomic mass is 16.5. The molecule has 0 saturated carbocycles. The van der Waals surface area contributed by atoms with Gasteiger partial charge in [-0.25, -0.2) is 9.97 Å². The number of ether oxygens (including phenoxy) is 1. The van der Waals surface area contributed by atoms with Crippen molar-refractivity contribution in [2.75, 3.05) is 13.2 Å². The molecule has 4 heterocycles. The minimum absolute atomic E-state index is 0.0943. The lowest BCUT2D eigenvalue weighted by atomic mass is 10.2. The molecule has 0 aliphatic carbocycles. The molecule has 0 bridgehead atoms. The summed E-state index contributed by atoms with van der Waals surface area (Å²) in [4.78, 5) is 25.1. The highest BCUT2D eigenvalue weighted by Gasteiger charge is 2.18. The third kappa shape index (κ3) is 3.87. The first-order valence-corrected chi connectivity index (χ1v) is 8.96. The Labute approximate surface area is 155 Å². The number of imidazole rings is 1. The maximum atomic E-state index is 12.3. The third-order valence-electron chi connectivity index (χ3n) is 4.37. The van der Waals surface area contributed by atoms with Crippen LogP contribution in [0.25, 0.3) is 17.3 Å². The van der Waals surface area contributed by atoms with Gasteiger partial charge in [0.1, 0.15) is 17.8 Å². The molecule has 0 radical (unpaired) electrons. The van der Waals surface area contributed by atoms with Gasteiger partial charge in [0.15, 0.2) is 5.82 Å². The predicted octanol–water partition coefficient (Wildman–Crippen LogP) is 1.79. The highest BCUT2D eigenvalue weighted by molar-refractivity contribution is 5.92. The lowest BCUT2D eigenvalue weighted by Gasteiger charge is -2.09. The van der Waals surface area contributed by atoms with E-state index in [-0.39, 0.29) is 12.0 Å². The van der Waals surface area contributed by atoms with Gasteiger partial charge in [0.2, 0.25) is 0 Å². The van der Waals surface area contributed by atoms with E-state index in [2.05, 4.69) is 25.4 Å². The summed E-state index contributed by atoms with van der Waals surface area (Å²) in [6.45, 7) is 3.22. The predicted molar refractivity (Wildman–Crippen MR) is 95.3 cm³/mol. The molecule has 140 valence electrons. The normalized spacial score (nSPS) is 16.6. The van der Waals surface area contributed by atoms with Crippen LogP contribution in [0.2, 0.25) is 0 Å².